The third kappa shape index (κ3) is 3.03. The average Bonchev–Trinajstić information content (AvgIpc) is 2.17. The van der Waals surface area contributed by atoms with E-state index in [2.05, 4.69) is 0 Å². The molecule has 0 aliphatic rings. The smallest absolute Gasteiger partial charge is 0.363 e. The summed E-state index contributed by atoms with van der Waals surface area (Å²) in [5, 5.41) is 0. The molecule has 0 aliphatic heterocycles. The van der Waals surface area contributed by atoms with Crippen molar-refractivity contribution in [1.82, 2.24) is 0 Å². The van der Waals surface area contributed by atoms with E-state index < -0.39 is 26.9 Å². The first-order chi connectivity index (χ1) is 7.52. The molecule has 16 heavy (non-hydrogen) atoms. The molecule has 5 nitrogen and oxygen atoms in total. The summed E-state index contributed by atoms with van der Waals surface area (Å²) in [6.07, 6.45) is 0. The summed E-state index contributed by atoms with van der Waals surface area (Å²) >= 11 is 0. The van der Waals surface area contributed by atoms with Crippen LogP contribution in [0.2, 0.25) is 0 Å². The van der Waals surface area contributed by atoms with Gasteiger partial charge in [0.1, 0.15) is 5.75 Å². The fraction of sp³-hybridized carbons (Fsp3) is 0.100. The van der Waals surface area contributed by atoms with Crippen molar-refractivity contribution in [3.8, 4) is 5.75 Å². The first kappa shape index (κ1) is 12.1. The lowest BCUT2D eigenvalue weighted by Gasteiger charge is -2.01. The molecule has 0 atom stereocenters. The summed E-state index contributed by atoms with van der Waals surface area (Å²) in [5.74, 6) is -1.85. The predicted octanol–water partition coefficient (Wildman–Crippen LogP) is 0.233. The maximum absolute atomic E-state index is 11.3. The molecular weight excluding hydrogens is 232 g/mol. The van der Waals surface area contributed by atoms with Crippen molar-refractivity contribution in [3.05, 3.63) is 30.3 Å². The van der Waals surface area contributed by atoms with Crippen LogP contribution in [0.25, 0.3) is 0 Å². The van der Waals surface area contributed by atoms with Crippen molar-refractivity contribution in [2.45, 2.75) is 6.92 Å². The maximum Gasteiger partial charge on any atom is 0.363 e. The van der Waals surface area contributed by atoms with Crippen LogP contribution < -0.4 is 4.74 Å². The fourth-order valence-electron chi connectivity index (χ4n) is 0.971. The molecule has 1 aromatic rings. The second kappa shape index (κ2) is 5.22. The fourth-order valence-corrected chi connectivity index (χ4v) is 1.38. The number of esters is 1. The van der Waals surface area contributed by atoms with E-state index >= 15 is 0 Å². The van der Waals surface area contributed by atoms with E-state index in [1.54, 1.807) is 18.2 Å². The Morgan fingerprint density at radius 3 is 2.12 bits per heavy atom. The van der Waals surface area contributed by atoms with Crippen LogP contribution in [0.5, 0.6) is 5.75 Å². The van der Waals surface area contributed by atoms with Gasteiger partial charge in [-0.25, -0.2) is 4.79 Å². The van der Waals surface area contributed by atoms with Gasteiger partial charge >= 0.3 is 5.97 Å². The van der Waals surface area contributed by atoms with Crippen LogP contribution in [0.3, 0.4) is 0 Å². The first-order valence-electron chi connectivity index (χ1n) is 4.26. The van der Waals surface area contributed by atoms with E-state index in [4.69, 9.17) is 4.74 Å². The Kier molecular flexibility index (Phi) is 3.96. The van der Waals surface area contributed by atoms with Gasteiger partial charge in [0.2, 0.25) is 15.2 Å². The van der Waals surface area contributed by atoms with Crippen molar-refractivity contribution in [3.63, 3.8) is 0 Å². The van der Waals surface area contributed by atoms with E-state index in [1.165, 1.54) is 12.1 Å². The van der Waals surface area contributed by atoms with Gasteiger partial charge in [-0.1, -0.05) is 18.2 Å². The Balaban J connectivity index is 2.97. The van der Waals surface area contributed by atoms with Crippen LogP contribution in [0.1, 0.15) is 6.92 Å². The molecule has 0 heterocycles. The van der Waals surface area contributed by atoms with Crippen LogP contribution >= 0.6 is 0 Å². The largest absolute Gasteiger partial charge is 0.422 e. The van der Waals surface area contributed by atoms with Gasteiger partial charge in [0, 0.05) is 6.92 Å². The van der Waals surface area contributed by atoms with Crippen LogP contribution in [0, 0.1) is 0 Å². The molecule has 0 saturated heterocycles. The zero-order valence-corrected chi connectivity index (χ0v) is 9.15. The summed E-state index contributed by atoms with van der Waals surface area (Å²) in [5.41, 5.74) is 0. The maximum atomic E-state index is 11.3. The number of ether oxygens (including phenoxy) is 1. The minimum Gasteiger partial charge on any atom is -0.422 e. The molecule has 0 saturated carbocycles. The molecule has 84 valence electrons. The molecule has 1 rings (SSSR count). The summed E-state index contributed by atoms with van der Waals surface area (Å²) < 4.78 is 25.9. The number of benzene rings is 1. The van der Waals surface area contributed by atoms with E-state index in [0.717, 1.165) is 6.92 Å². The van der Waals surface area contributed by atoms with Gasteiger partial charge < -0.3 is 4.74 Å². The Morgan fingerprint density at radius 1 is 1.12 bits per heavy atom. The molecule has 0 fully saturated rings. The summed E-state index contributed by atoms with van der Waals surface area (Å²) in [6, 6.07) is 7.89. The van der Waals surface area contributed by atoms with Gasteiger partial charge in [0.15, 0.2) is 5.78 Å². The van der Waals surface area contributed by atoms with Crippen molar-refractivity contribution in [2.75, 3.05) is 0 Å². The molecule has 0 N–H and O–H groups in total. The van der Waals surface area contributed by atoms with Crippen molar-refractivity contribution < 1.29 is 22.7 Å². The van der Waals surface area contributed by atoms with Crippen molar-refractivity contribution in [1.29, 1.82) is 0 Å². The predicted molar refractivity (Wildman–Crippen MR) is 56.7 cm³/mol. The zero-order valence-electron chi connectivity index (χ0n) is 8.34. The lowest BCUT2D eigenvalue weighted by atomic mass is 10.3. The molecule has 0 unspecified atom stereocenters. The highest BCUT2D eigenvalue weighted by Gasteiger charge is 2.20. The molecule has 0 radical (unpaired) electrons. The molecular formula is C10H8O5S. The minimum atomic E-state index is -2.89. The van der Waals surface area contributed by atoms with E-state index in [9.17, 15) is 18.0 Å². The highest BCUT2D eigenvalue weighted by molar-refractivity contribution is 7.76. The van der Waals surface area contributed by atoms with Gasteiger partial charge in [-0.3, -0.25) is 4.79 Å². The number of carbonyl (C=O) groups is 2. The summed E-state index contributed by atoms with van der Waals surface area (Å²) in [7, 11) is -2.89. The van der Waals surface area contributed by atoms with E-state index in [0.29, 0.717) is 0 Å². The van der Waals surface area contributed by atoms with Crippen molar-refractivity contribution in [2.24, 2.45) is 0 Å². The monoisotopic (exact) mass is 240 g/mol. The highest BCUT2D eigenvalue weighted by Crippen LogP contribution is 2.08. The average molecular weight is 240 g/mol. The van der Waals surface area contributed by atoms with E-state index in [1.807, 2.05) is 0 Å². The van der Waals surface area contributed by atoms with Gasteiger partial charge in [-0.15, -0.1) is 0 Å². The number of hydrogen-bond donors (Lipinski definition) is 0. The van der Waals surface area contributed by atoms with Crippen LogP contribution in [-0.2, 0) is 19.9 Å². The van der Waals surface area contributed by atoms with Gasteiger partial charge in [-0.2, -0.15) is 8.42 Å². The molecule has 6 heteroatoms. The zero-order chi connectivity index (χ0) is 12.1. The second-order valence-electron chi connectivity index (χ2n) is 2.82. The Bertz CT molecular complexity index is 534. The topological polar surface area (TPSA) is 77.5 Å². The number of ketones is 1. The van der Waals surface area contributed by atoms with Crippen LogP contribution in [0.15, 0.2) is 30.3 Å². The van der Waals surface area contributed by atoms with E-state index in [-0.39, 0.29) is 5.75 Å². The Morgan fingerprint density at radius 2 is 1.69 bits per heavy atom. The quantitative estimate of drug-likeness (QED) is 0.327. The molecule has 0 amide bonds. The second-order valence-corrected chi connectivity index (χ2v) is 3.70. The number of carbonyl (C=O) groups excluding carboxylic acids is 2. The number of para-hydroxylation sites is 1. The Hall–Kier alpha value is -1.95. The SMILES string of the molecule is CC(=O)C(C(=O)Oc1ccccc1)=S(=O)=O. The summed E-state index contributed by atoms with van der Waals surface area (Å²) in [6.45, 7) is 0.984. The molecule has 0 spiro atoms. The minimum absolute atomic E-state index is 0.178. The normalized spacial score (nSPS) is 9.31. The number of Topliss-reactive ketones (excluding diaryl/α,β-unsaturated/α-hetero) is 1. The van der Waals surface area contributed by atoms with Crippen LogP contribution in [0.4, 0.5) is 0 Å². The highest BCUT2D eigenvalue weighted by atomic mass is 32.2. The third-order valence-electron chi connectivity index (χ3n) is 1.63. The third-order valence-corrected chi connectivity index (χ3v) is 2.41. The van der Waals surface area contributed by atoms with Crippen LogP contribution in [-0.4, -0.2) is 25.0 Å². The molecule has 0 aliphatic carbocycles. The Labute approximate surface area is 93.2 Å². The first-order valence-corrected chi connectivity index (χ1v) is 5.34. The standard InChI is InChI=1S/C10H8O5S/c1-7(11)9(16(13)14)10(12)15-8-5-3-2-4-6-8/h2-6H,1H3. The van der Waals surface area contributed by atoms with Gasteiger partial charge in [-0.05, 0) is 12.1 Å². The lowest BCUT2D eigenvalue weighted by Crippen LogP contribution is -2.27. The number of hydrogen-bond acceptors (Lipinski definition) is 5. The lowest BCUT2D eigenvalue weighted by molar-refractivity contribution is -0.127. The molecule has 1 aromatic carbocycles. The molecule has 0 bridgehead atoms. The van der Waals surface area contributed by atoms with Gasteiger partial charge in [0.25, 0.3) is 0 Å². The number of rotatable bonds is 3. The van der Waals surface area contributed by atoms with Crippen molar-refractivity contribution >= 4 is 26.9 Å². The molecule has 0 aromatic heterocycles. The van der Waals surface area contributed by atoms with Gasteiger partial charge in [0.05, 0.1) is 0 Å². The summed E-state index contributed by atoms with van der Waals surface area (Å²) in [4.78, 5) is 21.3.